The van der Waals surface area contributed by atoms with Crippen LogP contribution >= 0.6 is 0 Å². The largest absolute Gasteiger partial charge is 0.482 e. The highest BCUT2D eigenvalue weighted by Crippen LogP contribution is 2.07. The molecular weight excluding hydrogens is 208 g/mol. The maximum atomic E-state index is 11.2. The van der Waals surface area contributed by atoms with Crippen molar-refractivity contribution in [3.63, 3.8) is 0 Å². The van der Waals surface area contributed by atoms with Gasteiger partial charge < -0.3 is 14.2 Å². The van der Waals surface area contributed by atoms with Crippen molar-refractivity contribution in [3.8, 4) is 5.75 Å². The molecule has 0 heterocycles. The molecule has 0 atom stereocenters. The van der Waals surface area contributed by atoms with E-state index in [9.17, 15) is 4.79 Å². The Kier molecular flexibility index (Phi) is 6.03. The number of carbonyl (C=O) groups is 1. The summed E-state index contributed by atoms with van der Waals surface area (Å²) in [5.74, 6) is 0.302. The lowest BCUT2D eigenvalue weighted by Gasteiger charge is -2.06. The monoisotopic (exact) mass is 224 g/mol. The molecule has 0 saturated heterocycles. The van der Waals surface area contributed by atoms with Crippen LogP contribution < -0.4 is 4.74 Å². The summed E-state index contributed by atoms with van der Waals surface area (Å²) in [6.07, 6.45) is 0.702. The van der Waals surface area contributed by atoms with Gasteiger partial charge in [0.15, 0.2) is 6.61 Å². The number of benzene rings is 1. The van der Waals surface area contributed by atoms with E-state index < -0.39 is 0 Å². The number of para-hydroxylation sites is 1. The molecule has 4 nitrogen and oxygen atoms in total. The summed E-state index contributed by atoms with van der Waals surface area (Å²) >= 11 is 0. The Labute approximate surface area is 95.1 Å². The molecule has 0 spiro atoms. The fourth-order valence-electron chi connectivity index (χ4n) is 1.09. The second-order valence-electron chi connectivity index (χ2n) is 3.17. The van der Waals surface area contributed by atoms with Crippen molar-refractivity contribution in [1.82, 2.24) is 0 Å². The van der Waals surface area contributed by atoms with E-state index in [1.807, 2.05) is 18.2 Å². The van der Waals surface area contributed by atoms with Crippen LogP contribution in [-0.4, -0.2) is 32.9 Å². The molecule has 0 aliphatic carbocycles. The average molecular weight is 224 g/mol. The van der Waals surface area contributed by atoms with Crippen LogP contribution in [0.15, 0.2) is 30.3 Å². The van der Waals surface area contributed by atoms with Crippen molar-refractivity contribution in [1.29, 1.82) is 0 Å². The van der Waals surface area contributed by atoms with Crippen LogP contribution in [0.1, 0.15) is 6.42 Å². The topological polar surface area (TPSA) is 44.8 Å². The van der Waals surface area contributed by atoms with Crippen molar-refractivity contribution >= 4 is 5.97 Å². The smallest absolute Gasteiger partial charge is 0.344 e. The number of ether oxygens (including phenoxy) is 3. The predicted octanol–water partition coefficient (Wildman–Crippen LogP) is 1.65. The Hall–Kier alpha value is -1.55. The van der Waals surface area contributed by atoms with E-state index in [1.54, 1.807) is 19.2 Å². The molecule has 4 heteroatoms. The zero-order chi connectivity index (χ0) is 11.6. The number of esters is 1. The highest BCUT2D eigenvalue weighted by atomic mass is 16.6. The van der Waals surface area contributed by atoms with E-state index in [4.69, 9.17) is 14.2 Å². The van der Waals surface area contributed by atoms with Crippen LogP contribution in [0.2, 0.25) is 0 Å². The molecule has 1 rings (SSSR count). The maximum absolute atomic E-state index is 11.2. The zero-order valence-corrected chi connectivity index (χ0v) is 9.35. The fourth-order valence-corrected chi connectivity index (χ4v) is 1.09. The third-order valence-electron chi connectivity index (χ3n) is 1.86. The Morgan fingerprint density at radius 2 is 1.94 bits per heavy atom. The lowest BCUT2D eigenvalue weighted by Crippen LogP contribution is -2.16. The summed E-state index contributed by atoms with van der Waals surface area (Å²) in [5, 5.41) is 0. The first-order valence-corrected chi connectivity index (χ1v) is 5.15. The number of carbonyl (C=O) groups excluding carboxylic acids is 1. The highest BCUT2D eigenvalue weighted by Gasteiger charge is 2.03. The summed E-state index contributed by atoms with van der Waals surface area (Å²) in [5.41, 5.74) is 0. The minimum absolute atomic E-state index is 0.0585. The van der Waals surface area contributed by atoms with Gasteiger partial charge in [-0.15, -0.1) is 0 Å². The number of hydrogen-bond acceptors (Lipinski definition) is 4. The van der Waals surface area contributed by atoms with Crippen molar-refractivity contribution in [2.45, 2.75) is 6.42 Å². The molecule has 0 amide bonds. The lowest BCUT2D eigenvalue weighted by molar-refractivity contribution is -0.146. The summed E-state index contributed by atoms with van der Waals surface area (Å²) in [4.78, 5) is 11.2. The van der Waals surface area contributed by atoms with Gasteiger partial charge in [-0.05, 0) is 12.1 Å². The van der Waals surface area contributed by atoms with Crippen LogP contribution in [0.3, 0.4) is 0 Å². The molecule has 0 aromatic heterocycles. The van der Waals surface area contributed by atoms with E-state index in [0.29, 0.717) is 25.4 Å². The van der Waals surface area contributed by atoms with E-state index >= 15 is 0 Å². The SMILES string of the molecule is COCCCOC(=O)COc1ccccc1. The van der Waals surface area contributed by atoms with E-state index in [-0.39, 0.29) is 12.6 Å². The van der Waals surface area contributed by atoms with Gasteiger partial charge in [0.05, 0.1) is 6.61 Å². The highest BCUT2D eigenvalue weighted by molar-refractivity contribution is 5.71. The van der Waals surface area contributed by atoms with Gasteiger partial charge in [-0.2, -0.15) is 0 Å². The second kappa shape index (κ2) is 7.70. The van der Waals surface area contributed by atoms with Gasteiger partial charge in [-0.1, -0.05) is 18.2 Å². The molecule has 88 valence electrons. The Morgan fingerprint density at radius 1 is 1.19 bits per heavy atom. The molecule has 0 N–H and O–H groups in total. The number of rotatable bonds is 7. The van der Waals surface area contributed by atoms with Gasteiger partial charge in [0.1, 0.15) is 5.75 Å². The first-order valence-electron chi connectivity index (χ1n) is 5.15. The Balaban J connectivity index is 2.11. The quantitative estimate of drug-likeness (QED) is 0.521. The van der Waals surface area contributed by atoms with Gasteiger partial charge >= 0.3 is 5.97 Å². The Morgan fingerprint density at radius 3 is 2.62 bits per heavy atom. The van der Waals surface area contributed by atoms with E-state index in [0.717, 1.165) is 0 Å². The van der Waals surface area contributed by atoms with Gasteiger partial charge in [0, 0.05) is 20.1 Å². The summed E-state index contributed by atoms with van der Waals surface area (Å²) < 4.78 is 15.0. The fraction of sp³-hybridized carbons (Fsp3) is 0.417. The molecule has 1 aromatic rings. The first kappa shape index (κ1) is 12.5. The van der Waals surface area contributed by atoms with Crippen LogP contribution in [0.4, 0.5) is 0 Å². The van der Waals surface area contributed by atoms with Gasteiger partial charge in [-0.25, -0.2) is 4.79 Å². The van der Waals surface area contributed by atoms with Crippen LogP contribution in [0.5, 0.6) is 5.75 Å². The van der Waals surface area contributed by atoms with Crippen LogP contribution in [0.25, 0.3) is 0 Å². The maximum Gasteiger partial charge on any atom is 0.344 e. The van der Waals surface area contributed by atoms with Gasteiger partial charge in [0.25, 0.3) is 0 Å². The molecule has 0 saturated carbocycles. The standard InChI is InChI=1S/C12H16O4/c1-14-8-5-9-15-12(13)10-16-11-6-3-2-4-7-11/h2-4,6-7H,5,8-10H2,1H3. The molecule has 16 heavy (non-hydrogen) atoms. The Bertz CT molecular complexity index is 297. The average Bonchev–Trinajstić information content (AvgIpc) is 2.33. The molecule has 1 aromatic carbocycles. The normalized spacial score (nSPS) is 9.81. The van der Waals surface area contributed by atoms with E-state index in [1.165, 1.54) is 0 Å². The first-order chi connectivity index (χ1) is 7.83. The van der Waals surface area contributed by atoms with Crippen molar-refractivity contribution in [3.05, 3.63) is 30.3 Å². The van der Waals surface area contributed by atoms with Crippen molar-refractivity contribution in [2.75, 3.05) is 26.9 Å². The van der Waals surface area contributed by atoms with Crippen LogP contribution in [0, 0.1) is 0 Å². The lowest BCUT2D eigenvalue weighted by atomic mass is 10.3. The van der Waals surface area contributed by atoms with Crippen molar-refractivity contribution < 1.29 is 19.0 Å². The van der Waals surface area contributed by atoms with Gasteiger partial charge in [-0.3, -0.25) is 0 Å². The summed E-state index contributed by atoms with van der Waals surface area (Å²) in [7, 11) is 1.61. The molecule has 0 bridgehead atoms. The summed E-state index contributed by atoms with van der Waals surface area (Å²) in [6, 6.07) is 9.16. The molecule has 0 aliphatic rings. The molecule has 0 unspecified atom stereocenters. The third kappa shape index (κ3) is 5.36. The number of methoxy groups -OCH3 is 1. The third-order valence-corrected chi connectivity index (χ3v) is 1.86. The summed E-state index contributed by atoms with van der Waals surface area (Å²) in [6.45, 7) is 0.897. The van der Waals surface area contributed by atoms with Gasteiger partial charge in [0.2, 0.25) is 0 Å². The zero-order valence-electron chi connectivity index (χ0n) is 9.35. The second-order valence-corrected chi connectivity index (χ2v) is 3.17. The molecule has 0 aliphatic heterocycles. The number of hydrogen-bond donors (Lipinski definition) is 0. The molecular formula is C12H16O4. The van der Waals surface area contributed by atoms with Crippen molar-refractivity contribution in [2.24, 2.45) is 0 Å². The van der Waals surface area contributed by atoms with E-state index in [2.05, 4.69) is 0 Å². The molecule has 0 radical (unpaired) electrons. The van der Waals surface area contributed by atoms with Crippen LogP contribution in [-0.2, 0) is 14.3 Å². The minimum atomic E-state index is -0.361. The molecule has 0 fully saturated rings. The predicted molar refractivity (Wildman–Crippen MR) is 59.4 cm³/mol. The minimum Gasteiger partial charge on any atom is -0.482 e.